The first-order valence-electron chi connectivity index (χ1n) is 5.05. The van der Waals surface area contributed by atoms with E-state index < -0.39 is 0 Å². The van der Waals surface area contributed by atoms with Crippen molar-refractivity contribution in [3.63, 3.8) is 0 Å². The average molecular weight is 297 g/mol. The molecular weight excluding hydrogens is 286 g/mol. The summed E-state index contributed by atoms with van der Waals surface area (Å²) in [6.07, 6.45) is 1.85. The minimum atomic E-state index is -0.314. The Morgan fingerprint density at radius 3 is 2.74 bits per heavy atom. The van der Waals surface area contributed by atoms with Crippen LogP contribution in [0.15, 0.2) is 32.3 Å². The van der Waals surface area contributed by atoms with Crippen LogP contribution >= 0.6 is 23.5 Å². The van der Waals surface area contributed by atoms with Crippen LogP contribution in [-0.2, 0) is 0 Å². The number of hydrogen-bond acceptors (Lipinski definition) is 9. The number of aromatic nitrogens is 4. The van der Waals surface area contributed by atoms with Crippen molar-refractivity contribution in [2.24, 2.45) is 5.84 Å². The third-order valence-corrected chi connectivity index (χ3v) is 3.31. The molecule has 0 fully saturated rings. The van der Waals surface area contributed by atoms with E-state index in [-0.39, 0.29) is 11.4 Å². The highest BCUT2D eigenvalue weighted by Gasteiger charge is 2.07. The fraction of sp³-hybridized carbons (Fsp3) is 0.111. The number of hydrazine groups is 1. The summed E-state index contributed by atoms with van der Waals surface area (Å²) < 4.78 is 0. The molecule has 0 aliphatic rings. The molecule has 0 atom stereocenters. The van der Waals surface area contributed by atoms with Gasteiger partial charge in [0.15, 0.2) is 10.3 Å². The van der Waals surface area contributed by atoms with Gasteiger partial charge in [0.25, 0.3) is 5.56 Å². The van der Waals surface area contributed by atoms with Crippen molar-refractivity contribution in [1.29, 1.82) is 0 Å². The van der Waals surface area contributed by atoms with Crippen LogP contribution in [0.25, 0.3) is 0 Å². The minimum absolute atomic E-state index is 0.155. The number of H-pyrrole nitrogens is 1. The SMILES string of the molecule is CSc1nc(NN)cc(Sc2nc(N)cc(=O)[nH]2)n1. The Bertz CT molecular complexity index is 622. The first-order chi connectivity index (χ1) is 9.10. The summed E-state index contributed by atoms with van der Waals surface area (Å²) in [6.45, 7) is 0. The Balaban J connectivity index is 2.34. The molecule has 6 N–H and O–H groups in total. The van der Waals surface area contributed by atoms with Crippen LogP contribution in [0.5, 0.6) is 0 Å². The van der Waals surface area contributed by atoms with Gasteiger partial charge in [0.1, 0.15) is 16.7 Å². The normalized spacial score (nSPS) is 10.4. The number of rotatable bonds is 4. The van der Waals surface area contributed by atoms with Gasteiger partial charge in [0.2, 0.25) is 0 Å². The number of nitrogens with two attached hydrogens (primary N) is 2. The van der Waals surface area contributed by atoms with Crippen molar-refractivity contribution in [1.82, 2.24) is 19.9 Å². The number of nitrogens with one attached hydrogen (secondary N) is 2. The highest BCUT2D eigenvalue weighted by Crippen LogP contribution is 2.25. The molecule has 8 nitrogen and oxygen atoms in total. The van der Waals surface area contributed by atoms with Gasteiger partial charge >= 0.3 is 0 Å². The van der Waals surface area contributed by atoms with E-state index in [2.05, 4.69) is 25.4 Å². The Labute approximate surface area is 116 Å². The summed E-state index contributed by atoms with van der Waals surface area (Å²) in [5.41, 5.74) is 7.65. The lowest BCUT2D eigenvalue weighted by Crippen LogP contribution is -2.10. The Morgan fingerprint density at radius 2 is 2.11 bits per heavy atom. The van der Waals surface area contributed by atoms with Crippen LogP contribution in [0.1, 0.15) is 0 Å². The third-order valence-electron chi connectivity index (χ3n) is 1.95. The molecule has 0 radical (unpaired) electrons. The fourth-order valence-corrected chi connectivity index (χ4v) is 2.46. The first kappa shape index (κ1) is 13.6. The zero-order valence-electron chi connectivity index (χ0n) is 9.88. The largest absolute Gasteiger partial charge is 0.383 e. The molecule has 2 heterocycles. The van der Waals surface area contributed by atoms with E-state index in [0.717, 1.165) is 0 Å². The van der Waals surface area contributed by atoms with E-state index >= 15 is 0 Å². The van der Waals surface area contributed by atoms with Crippen LogP contribution in [0.4, 0.5) is 11.6 Å². The van der Waals surface area contributed by atoms with Gasteiger partial charge < -0.3 is 16.1 Å². The monoisotopic (exact) mass is 297 g/mol. The lowest BCUT2D eigenvalue weighted by Gasteiger charge is -2.05. The standard InChI is InChI=1S/C9H11N7OS2/c1-18-8-13-5(16-11)3-7(15-8)19-9-12-4(10)2-6(17)14-9/h2-3H,11H2,1H3,(H,13,15,16)(H3,10,12,14,17). The van der Waals surface area contributed by atoms with E-state index in [1.54, 1.807) is 6.07 Å². The molecule has 100 valence electrons. The molecule has 0 spiro atoms. The van der Waals surface area contributed by atoms with Crippen LogP contribution in [-0.4, -0.2) is 26.2 Å². The summed E-state index contributed by atoms with van der Waals surface area (Å²) >= 11 is 2.55. The fourth-order valence-electron chi connectivity index (χ4n) is 1.22. The van der Waals surface area contributed by atoms with Crippen LogP contribution in [0.3, 0.4) is 0 Å². The summed E-state index contributed by atoms with van der Waals surface area (Å²) in [4.78, 5) is 26.3. The molecule has 0 amide bonds. The second kappa shape index (κ2) is 5.91. The summed E-state index contributed by atoms with van der Waals surface area (Å²) in [5, 5.41) is 1.52. The molecule has 10 heteroatoms. The van der Waals surface area contributed by atoms with Gasteiger partial charge in [-0.05, 0) is 18.0 Å². The highest BCUT2D eigenvalue weighted by atomic mass is 32.2. The predicted octanol–water partition coefficient (Wildman–Crippen LogP) is 0.301. The zero-order chi connectivity index (χ0) is 13.8. The van der Waals surface area contributed by atoms with Crippen molar-refractivity contribution in [2.45, 2.75) is 15.3 Å². The lowest BCUT2D eigenvalue weighted by molar-refractivity contribution is 0.882. The second-order valence-corrected chi connectivity index (χ2v) is 5.08. The number of nitrogens with zero attached hydrogens (tertiary/aromatic N) is 3. The maximum absolute atomic E-state index is 11.3. The molecule has 2 rings (SSSR count). The maximum Gasteiger partial charge on any atom is 0.253 e. The highest BCUT2D eigenvalue weighted by molar-refractivity contribution is 7.99. The molecule has 2 aromatic heterocycles. The number of thioether (sulfide) groups is 1. The molecular formula is C9H11N7OS2. The number of anilines is 2. The molecule has 0 saturated heterocycles. The molecule has 0 aliphatic heterocycles. The van der Waals surface area contributed by atoms with Gasteiger partial charge in [-0.15, -0.1) is 0 Å². The van der Waals surface area contributed by atoms with Crippen molar-refractivity contribution < 1.29 is 0 Å². The minimum Gasteiger partial charge on any atom is -0.383 e. The quantitative estimate of drug-likeness (QED) is 0.206. The van der Waals surface area contributed by atoms with Crippen molar-refractivity contribution in [3.05, 3.63) is 22.5 Å². The zero-order valence-corrected chi connectivity index (χ0v) is 11.5. The lowest BCUT2D eigenvalue weighted by atomic mass is 10.6. The van der Waals surface area contributed by atoms with Crippen molar-refractivity contribution in [2.75, 3.05) is 17.4 Å². The van der Waals surface area contributed by atoms with Crippen LogP contribution in [0.2, 0.25) is 0 Å². The van der Waals surface area contributed by atoms with Gasteiger partial charge in [0.05, 0.1) is 0 Å². The maximum atomic E-state index is 11.3. The molecule has 0 saturated carbocycles. The van der Waals surface area contributed by atoms with Crippen LogP contribution < -0.4 is 22.6 Å². The van der Waals surface area contributed by atoms with Gasteiger partial charge in [-0.1, -0.05) is 11.8 Å². The average Bonchev–Trinajstić information content (AvgIpc) is 2.37. The summed E-state index contributed by atoms with van der Waals surface area (Å²) in [6, 6.07) is 2.86. The second-order valence-electron chi connectivity index (χ2n) is 3.30. The Kier molecular flexibility index (Phi) is 4.24. The Hall–Kier alpha value is -1.78. The summed E-state index contributed by atoms with van der Waals surface area (Å²) in [5.74, 6) is 5.97. The van der Waals surface area contributed by atoms with Crippen molar-refractivity contribution in [3.8, 4) is 0 Å². The number of aromatic amines is 1. The molecule has 2 aromatic rings. The van der Waals surface area contributed by atoms with E-state index in [1.165, 1.54) is 29.6 Å². The first-order valence-corrected chi connectivity index (χ1v) is 7.09. The summed E-state index contributed by atoms with van der Waals surface area (Å²) in [7, 11) is 0. The van der Waals surface area contributed by atoms with E-state index in [0.29, 0.717) is 21.2 Å². The Morgan fingerprint density at radius 1 is 1.32 bits per heavy atom. The van der Waals surface area contributed by atoms with Gasteiger partial charge in [-0.2, -0.15) is 0 Å². The number of hydrogen-bond donors (Lipinski definition) is 4. The van der Waals surface area contributed by atoms with Crippen LogP contribution in [0, 0.1) is 0 Å². The van der Waals surface area contributed by atoms with Gasteiger partial charge in [0, 0.05) is 12.1 Å². The molecule has 0 aliphatic carbocycles. The van der Waals surface area contributed by atoms with E-state index in [9.17, 15) is 4.79 Å². The molecule has 19 heavy (non-hydrogen) atoms. The molecule has 0 unspecified atom stereocenters. The smallest absolute Gasteiger partial charge is 0.253 e. The third kappa shape index (κ3) is 3.59. The van der Waals surface area contributed by atoms with Gasteiger partial charge in [-0.3, -0.25) is 4.79 Å². The van der Waals surface area contributed by atoms with E-state index in [4.69, 9.17) is 11.6 Å². The molecule has 0 bridgehead atoms. The predicted molar refractivity (Wildman–Crippen MR) is 75.0 cm³/mol. The van der Waals surface area contributed by atoms with Gasteiger partial charge in [-0.25, -0.2) is 20.8 Å². The van der Waals surface area contributed by atoms with Crippen molar-refractivity contribution >= 4 is 35.2 Å². The van der Waals surface area contributed by atoms with E-state index in [1.807, 2.05) is 6.26 Å². The number of nitrogen functional groups attached to an aromatic ring is 2. The topological polar surface area (TPSA) is 136 Å². The molecule has 0 aromatic carbocycles.